The normalized spacial score (nSPS) is 11.6. The van der Waals surface area contributed by atoms with Gasteiger partial charge in [0.05, 0.1) is 5.69 Å². The van der Waals surface area contributed by atoms with Crippen molar-refractivity contribution in [2.24, 2.45) is 0 Å². The van der Waals surface area contributed by atoms with Crippen molar-refractivity contribution in [2.75, 3.05) is 11.4 Å². The summed E-state index contributed by atoms with van der Waals surface area (Å²) in [5, 5.41) is 5.55. The van der Waals surface area contributed by atoms with Gasteiger partial charge < -0.3 is 4.52 Å². The minimum Gasteiger partial charge on any atom is -0.333 e. The number of aromatic nitrogens is 2. The number of hydrogen-bond acceptors (Lipinski definition) is 6. The molecular weight excluding hydrogens is 432 g/mol. The highest BCUT2D eigenvalue weighted by molar-refractivity contribution is 7.93. The molecule has 0 aliphatic heterocycles. The Morgan fingerprint density at radius 3 is 2.57 bits per heavy atom. The van der Waals surface area contributed by atoms with Gasteiger partial charge in [0.25, 0.3) is 15.9 Å². The molecule has 0 saturated heterocycles. The zero-order valence-electron chi connectivity index (χ0n) is 15.8. The topological polar surface area (TPSA) is 76.3 Å². The first-order chi connectivity index (χ1) is 14.3. The lowest BCUT2D eigenvalue weighted by Crippen LogP contribution is -2.26. The van der Waals surface area contributed by atoms with Crippen molar-refractivity contribution in [3.05, 3.63) is 71.1 Å². The molecule has 2 aromatic carbocycles. The Bertz CT molecular complexity index is 1330. The predicted molar refractivity (Wildman–Crippen MR) is 110 cm³/mol. The van der Waals surface area contributed by atoms with Crippen molar-refractivity contribution in [3.8, 4) is 22.2 Å². The predicted octanol–water partition coefficient (Wildman–Crippen LogP) is 4.88. The molecule has 0 spiro atoms. The van der Waals surface area contributed by atoms with Crippen molar-refractivity contribution in [1.29, 1.82) is 0 Å². The third kappa shape index (κ3) is 3.48. The molecule has 6 nitrogen and oxygen atoms in total. The summed E-state index contributed by atoms with van der Waals surface area (Å²) in [7, 11) is -2.83. The van der Waals surface area contributed by atoms with Crippen molar-refractivity contribution in [3.63, 3.8) is 0 Å². The number of benzene rings is 2. The lowest BCUT2D eigenvalue weighted by Gasteiger charge is -2.19. The van der Waals surface area contributed by atoms with Gasteiger partial charge in [-0.2, -0.15) is 4.98 Å². The van der Waals surface area contributed by atoms with Crippen LogP contribution in [0, 0.1) is 18.6 Å². The van der Waals surface area contributed by atoms with Crippen LogP contribution in [0.15, 0.2) is 63.3 Å². The summed E-state index contributed by atoms with van der Waals surface area (Å²) in [5.41, 5.74) is 1.70. The third-order valence-corrected chi connectivity index (χ3v) is 7.40. The van der Waals surface area contributed by atoms with Gasteiger partial charge >= 0.3 is 0 Å². The van der Waals surface area contributed by atoms with Gasteiger partial charge in [-0.25, -0.2) is 17.2 Å². The number of rotatable bonds is 5. The van der Waals surface area contributed by atoms with Crippen LogP contribution in [0.1, 0.15) is 5.56 Å². The summed E-state index contributed by atoms with van der Waals surface area (Å²) in [6.45, 7) is 1.91. The molecule has 10 heteroatoms. The summed E-state index contributed by atoms with van der Waals surface area (Å²) in [6.07, 6.45) is 0. The minimum absolute atomic E-state index is 0.0165. The van der Waals surface area contributed by atoms with Crippen LogP contribution < -0.4 is 4.31 Å². The molecule has 0 radical (unpaired) electrons. The zero-order valence-corrected chi connectivity index (χ0v) is 17.5. The molecule has 0 bridgehead atoms. The maximum atomic E-state index is 13.6. The van der Waals surface area contributed by atoms with E-state index in [1.54, 1.807) is 5.38 Å². The molecule has 30 heavy (non-hydrogen) atoms. The van der Waals surface area contributed by atoms with E-state index in [4.69, 9.17) is 4.52 Å². The van der Waals surface area contributed by atoms with E-state index >= 15 is 0 Å². The fraction of sp³-hybridized carbons (Fsp3) is 0.100. The first kappa shape index (κ1) is 20.2. The molecule has 0 amide bonds. The molecule has 0 saturated carbocycles. The third-order valence-electron chi connectivity index (χ3n) is 4.54. The largest absolute Gasteiger partial charge is 0.333 e. The molecule has 4 rings (SSSR count). The van der Waals surface area contributed by atoms with Gasteiger partial charge in [0, 0.05) is 18.7 Å². The number of aryl methyl sites for hydroxylation is 1. The maximum absolute atomic E-state index is 13.6. The van der Waals surface area contributed by atoms with Crippen LogP contribution in [-0.4, -0.2) is 25.6 Å². The van der Waals surface area contributed by atoms with Crippen LogP contribution in [0.5, 0.6) is 0 Å². The van der Waals surface area contributed by atoms with Crippen LogP contribution in [0.25, 0.3) is 22.2 Å². The Labute approximate surface area is 175 Å². The molecule has 0 unspecified atom stereocenters. The van der Waals surface area contributed by atoms with Crippen molar-refractivity contribution in [1.82, 2.24) is 10.1 Å². The van der Waals surface area contributed by atoms with Gasteiger partial charge in [-0.15, -0.1) is 11.3 Å². The summed E-state index contributed by atoms with van der Waals surface area (Å²) in [5.74, 6) is -1.80. The summed E-state index contributed by atoms with van der Waals surface area (Å²) >= 11 is 1.12. The number of sulfonamides is 1. The number of thiophene rings is 1. The molecule has 154 valence electrons. The number of anilines is 1. The molecule has 0 N–H and O–H groups in total. The van der Waals surface area contributed by atoms with E-state index in [1.807, 2.05) is 31.2 Å². The minimum atomic E-state index is -4.09. The van der Waals surface area contributed by atoms with Crippen molar-refractivity contribution in [2.45, 2.75) is 11.8 Å². The number of hydrogen-bond donors (Lipinski definition) is 0. The lowest BCUT2D eigenvalue weighted by atomic mass is 10.1. The highest BCUT2D eigenvalue weighted by Gasteiger charge is 2.29. The highest BCUT2D eigenvalue weighted by Crippen LogP contribution is 2.36. The van der Waals surface area contributed by atoms with Crippen molar-refractivity contribution < 1.29 is 21.7 Å². The molecule has 2 heterocycles. The molecule has 2 aromatic heterocycles. The van der Waals surface area contributed by atoms with E-state index in [9.17, 15) is 17.2 Å². The second-order valence-corrected chi connectivity index (χ2v) is 9.28. The number of nitrogens with zero attached hydrogens (tertiary/aromatic N) is 3. The first-order valence-electron chi connectivity index (χ1n) is 8.70. The fourth-order valence-electron chi connectivity index (χ4n) is 2.87. The smallest absolute Gasteiger partial charge is 0.269 e. The highest BCUT2D eigenvalue weighted by atomic mass is 32.2. The van der Waals surface area contributed by atoms with E-state index < -0.39 is 21.7 Å². The van der Waals surface area contributed by atoms with Gasteiger partial charge in [0.1, 0.15) is 9.77 Å². The second kappa shape index (κ2) is 7.62. The SMILES string of the molecule is Cc1ccccc1-c1noc(-c2sccc2S(=O)(=O)N(C)c2ccc(F)c(F)c2)n1. The van der Waals surface area contributed by atoms with Gasteiger partial charge in [0.15, 0.2) is 11.6 Å². The first-order valence-corrected chi connectivity index (χ1v) is 11.0. The molecule has 0 fully saturated rings. The zero-order chi connectivity index (χ0) is 21.5. The number of halogens is 2. The van der Waals surface area contributed by atoms with Crippen LogP contribution in [0.4, 0.5) is 14.5 Å². The van der Waals surface area contributed by atoms with E-state index in [-0.39, 0.29) is 21.4 Å². The van der Waals surface area contributed by atoms with Crippen LogP contribution in [0.3, 0.4) is 0 Å². The molecule has 0 atom stereocenters. The average molecular weight is 447 g/mol. The maximum Gasteiger partial charge on any atom is 0.269 e. The molecule has 4 aromatic rings. The van der Waals surface area contributed by atoms with E-state index in [2.05, 4.69) is 10.1 Å². The van der Waals surface area contributed by atoms with Gasteiger partial charge in [0.2, 0.25) is 5.82 Å². The Morgan fingerprint density at radius 2 is 1.83 bits per heavy atom. The van der Waals surface area contributed by atoms with Crippen LogP contribution in [0.2, 0.25) is 0 Å². The standard InChI is InChI=1S/C20H15F2N3O3S2/c1-12-5-3-4-6-14(12)19-23-20(28-24-19)18-17(9-10-29-18)30(26,27)25(2)13-7-8-15(21)16(22)11-13/h3-11H,1-2H3. The van der Waals surface area contributed by atoms with Crippen LogP contribution in [-0.2, 0) is 10.0 Å². The Morgan fingerprint density at radius 1 is 1.07 bits per heavy atom. The Hall–Kier alpha value is -3.11. The average Bonchev–Trinajstić information content (AvgIpc) is 3.39. The lowest BCUT2D eigenvalue weighted by molar-refractivity contribution is 0.432. The van der Waals surface area contributed by atoms with Crippen molar-refractivity contribution >= 4 is 27.0 Å². The molecular formula is C20H15F2N3O3S2. The Balaban J connectivity index is 1.73. The van der Waals surface area contributed by atoms with Crippen LogP contribution >= 0.6 is 11.3 Å². The van der Waals surface area contributed by atoms with Gasteiger partial charge in [-0.3, -0.25) is 4.31 Å². The Kier molecular flexibility index (Phi) is 5.12. The summed E-state index contributed by atoms with van der Waals surface area (Å²) < 4.78 is 59.3. The quantitative estimate of drug-likeness (QED) is 0.436. The summed E-state index contributed by atoms with van der Waals surface area (Å²) in [4.78, 5) is 4.55. The molecule has 0 aliphatic rings. The fourth-order valence-corrected chi connectivity index (χ4v) is 5.37. The summed E-state index contributed by atoms with van der Waals surface area (Å²) in [6, 6.07) is 11.8. The second-order valence-electron chi connectivity index (χ2n) is 6.42. The van der Waals surface area contributed by atoms with E-state index in [0.717, 1.165) is 38.9 Å². The van der Waals surface area contributed by atoms with Gasteiger partial charge in [-0.1, -0.05) is 29.4 Å². The monoisotopic (exact) mass is 447 g/mol. The van der Waals surface area contributed by atoms with Gasteiger partial charge in [-0.05, 0) is 36.1 Å². The van der Waals surface area contributed by atoms with E-state index in [1.165, 1.54) is 19.2 Å². The van der Waals surface area contributed by atoms with E-state index in [0.29, 0.717) is 5.82 Å². The molecule has 0 aliphatic carbocycles.